The summed E-state index contributed by atoms with van der Waals surface area (Å²) in [5.74, 6) is -1.77. The van der Waals surface area contributed by atoms with Crippen molar-refractivity contribution in [3.8, 4) is 0 Å². The summed E-state index contributed by atoms with van der Waals surface area (Å²) in [6.45, 7) is 2.27. The highest BCUT2D eigenvalue weighted by molar-refractivity contribution is 5.24. The first-order valence-corrected chi connectivity index (χ1v) is 6.52. The van der Waals surface area contributed by atoms with E-state index in [2.05, 4.69) is 5.32 Å². The maximum atomic E-state index is 13.1. The Bertz CT molecular complexity index is 596. The summed E-state index contributed by atoms with van der Waals surface area (Å²) in [7, 11) is 0. The van der Waals surface area contributed by atoms with Crippen LogP contribution in [0.2, 0.25) is 0 Å². The van der Waals surface area contributed by atoms with E-state index < -0.39 is 18.1 Å². The second-order valence-electron chi connectivity index (χ2n) is 4.82. The van der Waals surface area contributed by atoms with Gasteiger partial charge in [-0.15, -0.1) is 0 Å². The topological polar surface area (TPSA) is 12.0 Å². The van der Waals surface area contributed by atoms with E-state index in [0.29, 0.717) is 12.1 Å². The highest BCUT2D eigenvalue weighted by atomic mass is 19.3. The Hall–Kier alpha value is -1.88. The molecule has 21 heavy (non-hydrogen) atoms. The zero-order valence-electron chi connectivity index (χ0n) is 11.4. The zero-order chi connectivity index (χ0) is 15.4. The monoisotopic (exact) mass is 297 g/mol. The lowest BCUT2D eigenvalue weighted by atomic mass is 10.1. The molecule has 1 nitrogen and oxygen atoms in total. The van der Waals surface area contributed by atoms with E-state index in [0.717, 1.165) is 17.7 Å². The molecular weight excluding hydrogens is 282 g/mol. The lowest BCUT2D eigenvalue weighted by Crippen LogP contribution is -2.18. The molecule has 0 amide bonds. The van der Waals surface area contributed by atoms with Gasteiger partial charge < -0.3 is 5.32 Å². The molecule has 2 aromatic carbocycles. The zero-order valence-corrected chi connectivity index (χ0v) is 11.4. The van der Waals surface area contributed by atoms with Gasteiger partial charge in [0, 0.05) is 18.2 Å². The predicted molar refractivity (Wildman–Crippen MR) is 73.0 cm³/mol. The number of benzene rings is 2. The second kappa shape index (κ2) is 6.72. The summed E-state index contributed by atoms with van der Waals surface area (Å²) >= 11 is 0. The molecular formula is C16H15F4N. The minimum atomic E-state index is -2.48. The van der Waals surface area contributed by atoms with Crippen LogP contribution in [0.3, 0.4) is 0 Å². The van der Waals surface area contributed by atoms with Gasteiger partial charge in [0.25, 0.3) is 6.43 Å². The average Bonchev–Trinajstić information content (AvgIpc) is 2.48. The maximum Gasteiger partial charge on any atom is 0.263 e. The lowest BCUT2D eigenvalue weighted by molar-refractivity contribution is 0.151. The Morgan fingerprint density at radius 1 is 0.905 bits per heavy atom. The fourth-order valence-corrected chi connectivity index (χ4v) is 1.95. The van der Waals surface area contributed by atoms with Crippen molar-refractivity contribution in [2.45, 2.75) is 25.9 Å². The summed E-state index contributed by atoms with van der Waals surface area (Å²) in [5, 5.41) is 3.13. The first kappa shape index (κ1) is 15.5. The third-order valence-electron chi connectivity index (χ3n) is 3.29. The van der Waals surface area contributed by atoms with E-state index in [1.165, 1.54) is 18.2 Å². The molecule has 0 spiro atoms. The third-order valence-corrected chi connectivity index (χ3v) is 3.29. The molecule has 2 aromatic rings. The molecule has 1 N–H and O–H groups in total. The normalized spacial score (nSPS) is 12.7. The summed E-state index contributed by atoms with van der Waals surface area (Å²) in [6, 6.07) is 9.55. The van der Waals surface area contributed by atoms with Crippen LogP contribution in [0.5, 0.6) is 0 Å². The molecule has 0 fully saturated rings. The van der Waals surface area contributed by atoms with Gasteiger partial charge in [-0.3, -0.25) is 0 Å². The van der Waals surface area contributed by atoms with Crippen molar-refractivity contribution in [2.24, 2.45) is 0 Å². The lowest BCUT2D eigenvalue weighted by Gasteiger charge is -2.15. The van der Waals surface area contributed by atoms with Crippen LogP contribution in [-0.4, -0.2) is 0 Å². The van der Waals surface area contributed by atoms with Gasteiger partial charge >= 0.3 is 0 Å². The van der Waals surface area contributed by atoms with Crippen LogP contribution >= 0.6 is 0 Å². The Labute approximate surface area is 120 Å². The van der Waals surface area contributed by atoms with Crippen molar-refractivity contribution in [2.75, 3.05) is 0 Å². The van der Waals surface area contributed by atoms with Crippen LogP contribution in [0, 0.1) is 11.6 Å². The summed E-state index contributed by atoms with van der Waals surface area (Å²) in [6.07, 6.45) is -2.48. The molecule has 0 aliphatic rings. The Morgan fingerprint density at radius 2 is 1.52 bits per heavy atom. The van der Waals surface area contributed by atoms with Gasteiger partial charge in [0.15, 0.2) is 11.6 Å². The molecule has 0 saturated heterocycles. The van der Waals surface area contributed by atoms with Crippen LogP contribution in [0.15, 0.2) is 42.5 Å². The number of halogens is 4. The van der Waals surface area contributed by atoms with Crippen molar-refractivity contribution in [1.29, 1.82) is 0 Å². The largest absolute Gasteiger partial charge is 0.306 e. The quantitative estimate of drug-likeness (QED) is 0.785. The average molecular weight is 297 g/mol. The number of rotatable bonds is 5. The summed E-state index contributed by atoms with van der Waals surface area (Å²) < 4.78 is 50.9. The van der Waals surface area contributed by atoms with E-state index in [-0.39, 0.29) is 11.6 Å². The van der Waals surface area contributed by atoms with Gasteiger partial charge in [0.1, 0.15) is 0 Å². The van der Waals surface area contributed by atoms with E-state index in [1.54, 1.807) is 12.1 Å². The fraction of sp³-hybridized carbons (Fsp3) is 0.250. The molecule has 0 aromatic heterocycles. The van der Waals surface area contributed by atoms with Crippen molar-refractivity contribution in [3.63, 3.8) is 0 Å². The number of alkyl halides is 2. The highest BCUT2D eigenvalue weighted by Crippen LogP contribution is 2.20. The van der Waals surface area contributed by atoms with Crippen LogP contribution in [-0.2, 0) is 6.54 Å². The smallest absolute Gasteiger partial charge is 0.263 e. The van der Waals surface area contributed by atoms with Crippen LogP contribution in [0.25, 0.3) is 0 Å². The molecule has 0 saturated carbocycles. The molecule has 5 heteroatoms. The predicted octanol–water partition coefficient (Wildman–Crippen LogP) is 4.75. The number of hydrogen-bond donors (Lipinski definition) is 1. The van der Waals surface area contributed by atoms with Crippen molar-refractivity contribution in [1.82, 2.24) is 5.32 Å². The first-order chi connectivity index (χ1) is 9.97. The molecule has 0 aliphatic heterocycles. The minimum Gasteiger partial charge on any atom is -0.306 e. The van der Waals surface area contributed by atoms with E-state index >= 15 is 0 Å². The molecule has 0 bridgehead atoms. The Morgan fingerprint density at radius 3 is 2.10 bits per heavy atom. The molecule has 0 heterocycles. The molecule has 0 radical (unpaired) electrons. The van der Waals surface area contributed by atoms with Crippen molar-refractivity contribution < 1.29 is 17.6 Å². The Kier molecular flexibility index (Phi) is 4.96. The SMILES string of the molecule is CC(NCc1ccc(C(F)F)cc1)c1ccc(F)c(F)c1. The molecule has 1 atom stereocenters. The first-order valence-electron chi connectivity index (χ1n) is 6.52. The van der Waals surface area contributed by atoms with Gasteiger partial charge in [0.2, 0.25) is 0 Å². The summed E-state index contributed by atoms with van der Waals surface area (Å²) in [5.41, 5.74) is 1.44. The van der Waals surface area contributed by atoms with Crippen molar-refractivity contribution >= 4 is 0 Å². The molecule has 2 rings (SSSR count). The van der Waals surface area contributed by atoms with Crippen LogP contribution in [0.1, 0.15) is 36.1 Å². The third kappa shape index (κ3) is 4.04. The Balaban J connectivity index is 1.97. The highest BCUT2D eigenvalue weighted by Gasteiger charge is 2.09. The molecule has 112 valence electrons. The molecule has 1 unspecified atom stereocenters. The fourth-order valence-electron chi connectivity index (χ4n) is 1.95. The summed E-state index contributed by atoms with van der Waals surface area (Å²) in [4.78, 5) is 0. The minimum absolute atomic E-state index is 0.0209. The second-order valence-corrected chi connectivity index (χ2v) is 4.82. The van der Waals surface area contributed by atoms with Crippen molar-refractivity contribution in [3.05, 3.63) is 70.8 Å². The number of hydrogen-bond acceptors (Lipinski definition) is 1. The maximum absolute atomic E-state index is 13.1. The standard InChI is InChI=1S/C16H15F4N/c1-10(13-6-7-14(17)15(18)8-13)21-9-11-2-4-12(5-3-11)16(19)20/h2-8,10,16,21H,9H2,1H3. The van der Waals surface area contributed by atoms with Gasteiger partial charge in [0.05, 0.1) is 0 Å². The van der Waals surface area contributed by atoms with Crippen LogP contribution in [0.4, 0.5) is 17.6 Å². The van der Waals surface area contributed by atoms with Gasteiger partial charge in [-0.2, -0.15) is 0 Å². The van der Waals surface area contributed by atoms with Crippen LogP contribution < -0.4 is 5.32 Å². The van der Waals surface area contributed by atoms with E-state index in [4.69, 9.17) is 0 Å². The van der Waals surface area contributed by atoms with Gasteiger partial charge in [-0.05, 0) is 30.2 Å². The van der Waals surface area contributed by atoms with Gasteiger partial charge in [-0.25, -0.2) is 17.6 Å². The van der Waals surface area contributed by atoms with E-state index in [1.807, 2.05) is 6.92 Å². The van der Waals surface area contributed by atoms with E-state index in [9.17, 15) is 17.6 Å². The van der Waals surface area contributed by atoms with Gasteiger partial charge in [-0.1, -0.05) is 30.3 Å². The number of nitrogens with one attached hydrogen (secondary N) is 1. The molecule has 0 aliphatic carbocycles.